The van der Waals surface area contributed by atoms with Gasteiger partial charge in [-0.1, -0.05) is 31.4 Å². The van der Waals surface area contributed by atoms with Crippen LogP contribution in [0.15, 0.2) is 12.1 Å². The molecule has 0 unspecified atom stereocenters. The number of benzene rings is 1. The first-order chi connectivity index (χ1) is 9.38. The number of hydrogen-bond acceptors (Lipinski definition) is 3. The van der Waals surface area contributed by atoms with Gasteiger partial charge >= 0.3 is 5.97 Å². The fourth-order valence-electron chi connectivity index (χ4n) is 2.24. The third-order valence-corrected chi connectivity index (χ3v) is 3.52. The highest BCUT2D eigenvalue weighted by Gasteiger charge is 2.22. The van der Waals surface area contributed by atoms with Gasteiger partial charge < -0.3 is 15.7 Å². The molecule has 0 aliphatic heterocycles. The average Bonchev–Trinajstić information content (AvgIpc) is 2.34. The van der Waals surface area contributed by atoms with E-state index in [1.807, 2.05) is 18.7 Å². The predicted octanol–water partition coefficient (Wildman–Crippen LogP) is 4.03. The van der Waals surface area contributed by atoms with Crippen molar-refractivity contribution in [3.05, 3.63) is 22.7 Å². The molecule has 0 radical (unpaired) electrons. The van der Waals surface area contributed by atoms with Crippen molar-refractivity contribution >= 4 is 28.9 Å². The topological polar surface area (TPSA) is 66.6 Å². The molecule has 0 bridgehead atoms. The van der Waals surface area contributed by atoms with Gasteiger partial charge in [0.1, 0.15) is 0 Å². The molecule has 1 aromatic carbocycles. The molecule has 0 aliphatic carbocycles. The van der Waals surface area contributed by atoms with Gasteiger partial charge in [0.2, 0.25) is 0 Å². The minimum atomic E-state index is -1.00. The zero-order valence-corrected chi connectivity index (χ0v) is 13.1. The molecule has 0 spiro atoms. The number of nitrogens with two attached hydrogens (primary N) is 1. The van der Waals surface area contributed by atoms with Gasteiger partial charge in [-0.25, -0.2) is 4.79 Å². The summed E-state index contributed by atoms with van der Waals surface area (Å²) in [7, 11) is 0. The summed E-state index contributed by atoms with van der Waals surface area (Å²) in [6.45, 7) is 6.99. The van der Waals surface area contributed by atoms with Crippen molar-refractivity contribution in [2.45, 2.75) is 46.1 Å². The summed E-state index contributed by atoms with van der Waals surface area (Å²) in [6.07, 6.45) is 3.24. The van der Waals surface area contributed by atoms with Crippen molar-refractivity contribution in [1.29, 1.82) is 0 Å². The Hall–Kier alpha value is -1.42. The van der Waals surface area contributed by atoms with Crippen LogP contribution in [0.25, 0.3) is 0 Å². The first-order valence-corrected chi connectivity index (χ1v) is 7.35. The standard InChI is InChI=1S/C15H23ClN2O2/c1-4-5-6-7-18(10(2)3)14-12(15(19)20)8-11(17)9-13(14)16/h8-10H,4-7,17H2,1-3H3,(H,19,20). The van der Waals surface area contributed by atoms with Crippen LogP contribution >= 0.6 is 11.6 Å². The van der Waals surface area contributed by atoms with Crippen molar-refractivity contribution < 1.29 is 9.90 Å². The van der Waals surface area contributed by atoms with Crippen molar-refractivity contribution in [2.75, 3.05) is 17.2 Å². The van der Waals surface area contributed by atoms with Gasteiger partial charge in [0.15, 0.2) is 0 Å². The number of nitrogens with zero attached hydrogens (tertiary/aromatic N) is 1. The number of carboxylic acid groups (broad SMARTS) is 1. The van der Waals surface area contributed by atoms with Crippen molar-refractivity contribution in [2.24, 2.45) is 0 Å². The lowest BCUT2D eigenvalue weighted by Crippen LogP contribution is -2.33. The second-order valence-corrected chi connectivity index (χ2v) is 5.61. The Morgan fingerprint density at radius 3 is 2.55 bits per heavy atom. The van der Waals surface area contributed by atoms with Crippen LogP contribution < -0.4 is 10.6 Å². The van der Waals surface area contributed by atoms with Gasteiger partial charge in [-0.3, -0.25) is 0 Å². The van der Waals surface area contributed by atoms with E-state index in [0.717, 1.165) is 25.8 Å². The minimum Gasteiger partial charge on any atom is -0.478 e. The molecule has 0 saturated carbocycles. The highest BCUT2D eigenvalue weighted by molar-refractivity contribution is 6.34. The SMILES string of the molecule is CCCCCN(c1c(Cl)cc(N)cc1C(=O)O)C(C)C. The van der Waals surface area contributed by atoms with Crippen LogP contribution in [-0.2, 0) is 0 Å². The normalized spacial score (nSPS) is 10.8. The maximum atomic E-state index is 11.4. The van der Waals surface area contributed by atoms with E-state index in [2.05, 4.69) is 6.92 Å². The van der Waals surface area contributed by atoms with Crippen LogP contribution in [0, 0.1) is 0 Å². The minimum absolute atomic E-state index is 0.167. The van der Waals surface area contributed by atoms with Gasteiger partial charge in [0, 0.05) is 18.3 Å². The van der Waals surface area contributed by atoms with Gasteiger partial charge in [-0.05, 0) is 32.4 Å². The quantitative estimate of drug-likeness (QED) is 0.589. The highest BCUT2D eigenvalue weighted by Crippen LogP contribution is 2.34. The number of hydrogen-bond donors (Lipinski definition) is 2. The lowest BCUT2D eigenvalue weighted by molar-refractivity contribution is 0.0697. The highest BCUT2D eigenvalue weighted by atomic mass is 35.5. The first kappa shape index (κ1) is 16.6. The molecule has 5 heteroatoms. The zero-order chi connectivity index (χ0) is 15.3. The summed E-state index contributed by atoms with van der Waals surface area (Å²) in [4.78, 5) is 13.5. The number of aromatic carboxylic acids is 1. The number of anilines is 2. The maximum absolute atomic E-state index is 11.4. The molecule has 0 amide bonds. The molecular weight excluding hydrogens is 276 g/mol. The molecule has 0 saturated heterocycles. The Morgan fingerprint density at radius 1 is 1.40 bits per heavy atom. The zero-order valence-electron chi connectivity index (χ0n) is 12.3. The molecule has 0 atom stereocenters. The number of carbonyl (C=O) groups is 1. The second kappa shape index (κ2) is 7.39. The Balaban J connectivity index is 3.21. The number of unbranched alkanes of at least 4 members (excludes halogenated alkanes) is 2. The Kier molecular flexibility index (Phi) is 6.14. The van der Waals surface area contributed by atoms with E-state index < -0.39 is 5.97 Å². The molecule has 112 valence electrons. The second-order valence-electron chi connectivity index (χ2n) is 5.20. The van der Waals surface area contributed by atoms with Crippen LogP contribution in [-0.4, -0.2) is 23.7 Å². The van der Waals surface area contributed by atoms with Gasteiger partial charge in [0.25, 0.3) is 0 Å². The molecule has 1 rings (SSSR count). The summed E-state index contributed by atoms with van der Waals surface area (Å²) in [5.41, 5.74) is 6.80. The van der Waals surface area contributed by atoms with E-state index in [1.165, 1.54) is 6.07 Å². The lowest BCUT2D eigenvalue weighted by atomic mass is 10.1. The molecule has 3 N–H and O–H groups in total. The average molecular weight is 299 g/mol. The van der Waals surface area contributed by atoms with Gasteiger partial charge in [0.05, 0.1) is 16.3 Å². The number of halogens is 1. The molecule has 0 aliphatic rings. The molecule has 0 fully saturated rings. The van der Waals surface area contributed by atoms with Crippen LogP contribution in [0.3, 0.4) is 0 Å². The molecule has 1 aromatic rings. The molecule has 0 heterocycles. The first-order valence-electron chi connectivity index (χ1n) is 6.97. The fourth-order valence-corrected chi connectivity index (χ4v) is 2.57. The third-order valence-electron chi connectivity index (χ3n) is 3.23. The van der Waals surface area contributed by atoms with Crippen molar-refractivity contribution in [1.82, 2.24) is 0 Å². The molecule has 0 aromatic heterocycles. The van der Waals surface area contributed by atoms with E-state index in [1.54, 1.807) is 6.07 Å². The number of carboxylic acids is 1. The van der Waals surface area contributed by atoms with E-state index in [9.17, 15) is 9.90 Å². The smallest absolute Gasteiger partial charge is 0.337 e. The van der Waals surface area contributed by atoms with Crippen LogP contribution in [0.1, 0.15) is 50.4 Å². The number of nitrogen functional groups attached to an aromatic ring is 1. The molecular formula is C15H23ClN2O2. The fraction of sp³-hybridized carbons (Fsp3) is 0.533. The maximum Gasteiger partial charge on any atom is 0.337 e. The van der Waals surface area contributed by atoms with Gasteiger partial charge in [-0.15, -0.1) is 0 Å². The Labute approximate surface area is 125 Å². The van der Waals surface area contributed by atoms with Crippen molar-refractivity contribution in [3.8, 4) is 0 Å². The third kappa shape index (κ3) is 4.04. The molecule has 20 heavy (non-hydrogen) atoms. The summed E-state index contributed by atoms with van der Waals surface area (Å²) >= 11 is 6.25. The van der Waals surface area contributed by atoms with Crippen molar-refractivity contribution in [3.63, 3.8) is 0 Å². The summed E-state index contributed by atoms with van der Waals surface area (Å²) < 4.78 is 0. The largest absolute Gasteiger partial charge is 0.478 e. The van der Waals surface area contributed by atoms with E-state index in [4.69, 9.17) is 17.3 Å². The van der Waals surface area contributed by atoms with Gasteiger partial charge in [-0.2, -0.15) is 0 Å². The number of rotatable bonds is 7. The molecule has 4 nitrogen and oxygen atoms in total. The van der Waals surface area contributed by atoms with E-state index >= 15 is 0 Å². The van der Waals surface area contributed by atoms with Crippen LogP contribution in [0.5, 0.6) is 0 Å². The van der Waals surface area contributed by atoms with E-state index in [-0.39, 0.29) is 11.6 Å². The Bertz CT molecular complexity index is 475. The summed E-state index contributed by atoms with van der Waals surface area (Å²) in [6, 6.07) is 3.25. The van der Waals surface area contributed by atoms with E-state index in [0.29, 0.717) is 16.4 Å². The van der Waals surface area contributed by atoms with Crippen LogP contribution in [0.2, 0.25) is 5.02 Å². The lowest BCUT2D eigenvalue weighted by Gasteiger charge is -2.31. The monoisotopic (exact) mass is 298 g/mol. The van der Waals surface area contributed by atoms with Crippen LogP contribution in [0.4, 0.5) is 11.4 Å². The summed E-state index contributed by atoms with van der Waals surface area (Å²) in [5, 5.41) is 9.77. The summed E-state index contributed by atoms with van der Waals surface area (Å²) in [5.74, 6) is -1.00. The Morgan fingerprint density at radius 2 is 2.05 bits per heavy atom. The predicted molar refractivity (Wildman–Crippen MR) is 84.8 cm³/mol.